The molecule has 0 spiro atoms. The first-order valence-electron chi connectivity index (χ1n) is 19.4. The van der Waals surface area contributed by atoms with Gasteiger partial charge in [0.1, 0.15) is 0 Å². The zero-order chi connectivity index (χ0) is 37.6. The van der Waals surface area contributed by atoms with E-state index in [1.165, 1.54) is 97.6 Å². The monoisotopic (exact) mass is 720 g/mol. The van der Waals surface area contributed by atoms with E-state index < -0.39 is 0 Å². The standard InChI is InChI=1S/C55H32N2/c1-56-43-23-19-34(20-24-43)37-15-16-39-28-40(18-17-38(39)27-37)41-21-25-47-50(31-41)45-13-7-8-14-46(45)51-32-53-48-26-22-42-29-35-9-5-6-10-36(35)30-49(42)55(48)57(54(53)33-52(47)51)44-11-3-2-4-12-44/h2-33H. The summed E-state index contributed by atoms with van der Waals surface area (Å²) in [5, 5.41) is 17.5. The van der Waals surface area contributed by atoms with E-state index in [9.17, 15) is 0 Å². The lowest BCUT2D eigenvalue weighted by molar-refractivity contribution is 1.19. The maximum Gasteiger partial charge on any atom is 0.187 e. The first-order valence-corrected chi connectivity index (χ1v) is 19.4. The summed E-state index contributed by atoms with van der Waals surface area (Å²) in [5.74, 6) is 0. The summed E-state index contributed by atoms with van der Waals surface area (Å²) in [6.07, 6.45) is 0. The molecule has 0 bridgehead atoms. The molecule has 0 saturated carbocycles. The van der Waals surface area contributed by atoms with Crippen LogP contribution in [0.5, 0.6) is 0 Å². The van der Waals surface area contributed by atoms with Crippen molar-refractivity contribution in [2.24, 2.45) is 0 Å². The van der Waals surface area contributed by atoms with Crippen molar-refractivity contribution in [2.75, 3.05) is 0 Å². The van der Waals surface area contributed by atoms with E-state index in [1.807, 2.05) is 24.3 Å². The number of para-hydroxylation sites is 1. The van der Waals surface area contributed by atoms with Crippen LogP contribution >= 0.6 is 0 Å². The second-order valence-corrected chi connectivity index (χ2v) is 15.2. The molecule has 2 nitrogen and oxygen atoms in total. The van der Waals surface area contributed by atoms with Gasteiger partial charge in [-0.25, -0.2) is 4.85 Å². The average Bonchev–Trinajstić information content (AvgIpc) is 3.61. The van der Waals surface area contributed by atoms with Crippen molar-refractivity contribution in [3.63, 3.8) is 0 Å². The van der Waals surface area contributed by atoms with Crippen LogP contribution in [0.25, 0.3) is 119 Å². The van der Waals surface area contributed by atoms with E-state index in [1.54, 1.807) is 0 Å². The summed E-state index contributed by atoms with van der Waals surface area (Å²) >= 11 is 0. The third-order valence-corrected chi connectivity index (χ3v) is 12.1. The van der Waals surface area contributed by atoms with Crippen molar-refractivity contribution in [3.05, 3.63) is 206 Å². The molecule has 0 aliphatic carbocycles. The summed E-state index contributed by atoms with van der Waals surface area (Å²) in [6, 6.07) is 70.9. The van der Waals surface area contributed by atoms with Gasteiger partial charge in [-0.15, -0.1) is 0 Å². The SMILES string of the molecule is [C-]#[N+]c1ccc(-c2ccc3cc(-c4ccc5c(c4)c4ccccc4c4cc6c7ccc8cc9ccccc9cc8c7n(-c7ccccc7)c6cc54)ccc3c2)cc1. The first-order chi connectivity index (χ1) is 28.2. The van der Waals surface area contributed by atoms with Crippen molar-refractivity contribution >= 4 is 92.1 Å². The number of nitrogens with zero attached hydrogens (tertiary/aromatic N) is 2. The predicted octanol–water partition coefficient (Wildman–Crippen LogP) is 15.6. The van der Waals surface area contributed by atoms with Crippen molar-refractivity contribution in [2.45, 2.75) is 0 Å². The summed E-state index contributed by atoms with van der Waals surface area (Å²) in [6.45, 7) is 7.29. The molecule has 0 amide bonds. The fourth-order valence-corrected chi connectivity index (χ4v) is 9.32. The normalized spacial score (nSPS) is 11.8. The lowest BCUT2D eigenvalue weighted by Crippen LogP contribution is -1.94. The third-order valence-electron chi connectivity index (χ3n) is 12.1. The molecule has 0 atom stereocenters. The molecule has 2 heteroatoms. The lowest BCUT2D eigenvalue weighted by atomic mass is 9.90. The van der Waals surface area contributed by atoms with Gasteiger partial charge in [0.15, 0.2) is 5.69 Å². The number of rotatable bonds is 3. The third kappa shape index (κ3) is 4.83. The van der Waals surface area contributed by atoms with Crippen molar-refractivity contribution in [1.82, 2.24) is 4.57 Å². The Morgan fingerprint density at radius 2 is 0.842 bits per heavy atom. The molecule has 262 valence electrons. The molecule has 0 unspecified atom stereocenters. The van der Waals surface area contributed by atoms with Crippen LogP contribution < -0.4 is 0 Å². The highest BCUT2D eigenvalue weighted by molar-refractivity contribution is 6.30. The van der Waals surface area contributed by atoms with E-state index >= 15 is 0 Å². The van der Waals surface area contributed by atoms with Crippen molar-refractivity contribution in [1.29, 1.82) is 0 Å². The van der Waals surface area contributed by atoms with Crippen molar-refractivity contribution < 1.29 is 0 Å². The molecule has 0 radical (unpaired) electrons. The van der Waals surface area contributed by atoms with Gasteiger partial charge in [0, 0.05) is 21.8 Å². The van der Waals surface area contributed by atoms with Gasteiger partial charge in [0.25, 0.3) is 0 Å². The average molecular weight is 721 g/mol. The molecule has 12 rings (SSSR count). The van der Waals surface area contributed by atoms with Crippen LogP contribution in [0, 0.1) is 6.57 Å². The molecule has 0 N–H and O–H groups in total. The van der Waals surface area contributed by atoms with Gasteiger partial charge < -0.3 is 4.57 Å². The van der Waals surface area contributed by atoms with E-state index in [2.05, 4.69) is 179 Å². The zero-order valence-electron chi connectivity index (χ0n) is 30.9. The number of aromatic nitrogens is 1. The van der Waals surface area contributed by atoms with E-state index in [-0.39, 0.29) is 0 Å². The number of benzene rings is 11. The molecule has 0 saturated heterocycles. The molecule has 1 aromatic heterocycles. The Kier molecular flexibility index (Phi) is 6.73. The van der Waals surface area contributed by atoms with Crippen LogP contribution in [0.2, 0.25) is 0 Å². The van der Waals surface area contributed by atoms with Gasteiger partial charge in [-0.1, -0.05) is 140 Å². The highest BCUT2D eigenvalue weighted by Gasteiger charge is 2.19. The van der Waals surface area contributed by atoms with Gasteiger partial charge in [-0.05, 0) is 136 Å². The van der Waals surface area contributed by atoms with Gasteiger partial charge in [-0.2, -0.15) is 0 Å². The second kappa shape index (κ2) is 12.1. The number of hydrogen-bond acceptors (Lipinski definition) is 0. The van der Waals surface area contributed by atoms with Crippen LogP contribution in [0.3, 0.4) is 0 Å². The molecule has 0 aliphatic heterocycles. The van der Waals surface area contributed by atoms with Gasteiger partial charge in [0.05, 0.1) is 17.6 Å². The topological polar surface area (TPSA) is 9.29 Å². The summed E-state index contributed by atoms with van der Waals surface area (Å²) in [5.41, 5.74) is 8.93. The summed E-state index contributed by atoms with van der Waals surface area (Å²) < 4.78 is 2.49. The van der Waals surface area contributed by atoms with Crippen LogP contribution in [0.15, 0.2) is 194 Å². The largest absolute Gasteiger partial charge is 0.309 e. The molecule has 57 heavy (non-hydrogen) atoms. The minimum atomic E-state index is 0.659. The minimum Gasteiger partial charge on any atom is -0.309 e. The van der Waals surface area contributed by atoms with Gasteiger partial charge in [0.2, 0.25) is 0 Å². The van der Waals surface area contributed by atoms with Crippen LogP contribution in [0.4, 0.5) is 5.69 Å². The zero-order valence-corrected chi connectivity index (χ0v) is 30.9. The molecule has 1 heterocycles. The molecular weight excluding hydrogens is 689 g/mol. The molecule has 0 fully saturated rings. The second-order valence-electron chi connectivity index (χ2n) is 15.2. The number of fused-ring (bicyclic) bond motifs is 13. The Morgan fingerprint density at radius 3 is 1.58 bits per heavy atom. The quantitative estimate of drug-likeness (QED) is 0.0977. The van der Waals surface area contributed by atoms with E-state index in [0.717, 1.165) is 16.8 Å². The van der Waals surface area contributed by atoms with Gasteiger partial charge >= 0.3 is 0 Å². The summed E-state index contributed by atoms with van der Waals surface area (Å²) in [7, 11) is 0. The first kappa shape index (κ1) is 31.6. The maximum atomic E-state index is 7.29. The fourth-order valence-electron chi connectivity index (χ4n) is 9.32. The van der Waals surface area contributed by atoms with Crippen LogP contribution in [0.1, 0.15) is 0 Å². The van der Waals surface area contributed by atoms with Gasteiger partial charge in [-0.3, -0.25) is 0 Å². The molecular formula is C55H32N2. The van der Waals surface area contributed by atoms with E-state index in [0.29, 0.717) is 5.69 Å². The molecule has 0 aliphatic rings. The van der Waals surface area contributed by atoms with E-state index in [4.69, 9.17) is 6.57 Å². The summed E-state index contributed by atoms with van der Waals surface area (Å²) in [4.78, 5) is 3.54. The minimum absolute atomic E-state index is 0.659. The van der Waals surface area contributed by atoms with Crippen LogP contribution in [-0.4, -0.2) is 4.57 Å². The lowest BCUT2D eigenvalue weighted by Gasteiger charge is -2.14. The predicted molar refractivity (Wildman–Crippen MR) is 243 cm³/mol. The Hall–Kier alpha value is -7.73. The molecule has 11 aromatic carbocycles. The maximum absolute atomic E-state index is 7.29. The molecule has 12 aromatic rings. The Bertz CT molecular complexity index is 3680. The Labute approximate surface area is 328 Å². The van der Waals surface area contributed by atoms with Crippen LogP contribution in [-0.2, 0) is 0 Å². The van der Waals surface area contributed by atoms with Crippen molar-refractivity contribution in [3.8, 4) is 27.9 Å². The smallest absolute Gasteiger partial charge is 0.187 e. The fraction of sp³-hybridized carbons (Fsp3) is 0. The highest BCUT2D eigenvalue weighted by atomic mass is 15.0. The number of hydrogen-bond donors (Lipinski definition) is 0. The highest BCUT2D eigenvalue weighted by Crippen LogP contribution is 2.44. The Morgan fingerprint density at radius 1 is 0.316 bits per heavy atom. The Balaban J connectivity index is 1.09.